The molecule has 0 aliphatic carbocycles. The fraction of sp³-hybridized carbons (Fsp3) is 0.462. The predicted molar refractivity (Wildman–Crippen MR) is 63.6 cm³/mol. The maximum Gasteiger partial charge on any atom is 0.164 e. The van der Waals surface area contributed by atoms with Gasteiger partial charge in [0, 0.05) is 5.56 Å². The first-order valence-electron chi connectivity index (χ1n) is 5.83. The van der Waals surface area contributed by atoms with E-state index in [-0.39, 0.29) is 0 Å². The quantitative estimate of drug-likeness (QED) is 0.791. The molecule has 3 nitrogen and oxygen atoms in total. The molecule has 0 saturated heterocycles. The predicted octanol–water partition coefficient (Wildman–Crippen LogP) is 3.05. The van der Waals surface area contributed by atoms with Crippen LogP contribution in [0.5, 0.6) is 5.75 Å². The summed E-state index contributed by atoms with van der Waals surface area (Å²) in [6, 6.07) is 7.49. The number of benzene rings is 1. The van der Waals surface area contributed by atoms with Crippen LogP contribution in [-0.4, -0.2) is 10.8 Å². The zero-order valence-corrected chi connectivity index (χ0v) is 9.52. The third kappa shape index (κ3) is 2.25. The van der Waals surface area contributed by atoms with E-state index in [2.05, 4.69) is 12.1 Å². The number of unbranched alkanes of at least 4 members (excludes halogenated alkanes) is 2. The lowest BCUT2D eigenvalue weighted by molar-refractivity contribution is 0.210. The summed E-state index contributed by atoms with van der Waals surface area (Å²) < 4.78 is 0. The van der Waals surface area contributed by atoms with Crippen molar-refractivity contribution in [2.24, 2.45) is 5.16 Å². The molecule has 3 heteroatoms. The van der Waals surface area contributed by atoms with Gasteiger partial charge in [0.25, 0.3) is 0 Å². The standard InChI is InChI=1S/C13H17NO2/c1-2-3-4-8-11-13(15)10-7-5-6-9-12(10)16-14-11/h5-7,9,13,15H,2-4,8H2,1H3. The molecule has 0 fully saturated rings. The van der Waals surface area contributed by atoms with Gasteiger partial charge in [0.2, 0.25) is 0 Å². The summed E-state index contributed by atoms with van der Waals surface area (Å²) in [7, 11) is 0. The Bertz CT molecular complexity index is 387. The number of rotatable bonds is 4. The molecular formula is C13H17NO2. The van der Waals surface area contributed by atoms with Crippen molar-refractivity contribution >= 4 is 5.71 Å². The van der Waals surface area contributed by atoms with Crippen LogP contribution in [-0.2, 0) is 0 Å². The third-order valence-electron chi connectivity index (χ3n) is 2.83. The van der Waals surface area contributed by atoms with E-state index in [9.17, 15) is 5.11 Å². The Hall–Kier alpha value is -1.35. The van der Waals surface area contributed by atoms with Gasteiger partial charge in [-0.1, -0.05) is 43.1 Å². The van der Waals surface area contributed by atoms with Crippen LogP contribution in [0.2, 0.25) is 0 Å². The number of aliphatic hydroxyl groups excluding tert-OH is 1. The van der Waals surface area contributed by atoms with Crippen LogP contribution in [0.1, 0.15) is 44.3 Å². The first kappa shape index (κ1) is 11.1. The van der Waals surface area contributed by atoms with Crippen LogP contribution < -0.4 is 4.84 Å². The van der Waals surface area contributed by atoms with Crippen molar-refractivity contribution in [2.45, 2.75) is 38.7 Å². The fourth-order valence-electron chi connectivity index (χ4n) is 1.87. The third-order valence-corrected chi connectivity index (χ3v) is 2.83. The lowest BCUT2D eigenvalue weighted by Crippen LogP contribution is -2.18. The molecule has 1 aromatic rings. The summed E-state index contributed by atoms with van der Waals surface area (Å²) in [5.74, 6) is 0.661. The molecule has 1 unspecified atom stereocenters. The molecule has 1 aliphatic heterocycles. The lowest BCUT2D eigenvalue weighted by Gasteiger charge is -2.20. The summed E-state index contributed by atoms with van der Waals surface area (Å²) >= 11 is 0. The molecule has 86 valence electrons. The van der Waals surface area contributed by atoms with Gasteiger partial charge in [-0.05, 0) is 18.9 Å². The zero-order valence-electron chi connectivity index (χ0n) is 9.52. The molecule has 0 spiro atoms. The zero-order chi connectivity index (χ0) is 11.4. The minimum Gasteiger partial charge on any atom is -0.382 e. The molecule has 2 rings (SSSR count). The number of aliphatic hydroxyl groups is 1. The highest BCUT2D eigenvalue weighted by molar-refractivity contribution is 5.90. The molecule has 1 N–H and O–H groups in total. The topological polar surface area (TPSA) is 41.8 Å². The van der Waals surface area contributed by atoms with Crippen molar-refractivity contribution < 1.29 is 9.94 Å². The second kappa shape index (κ2) is 5.12. The summed E-state index contributed by atoms with van der Waals surface area (Å²) in [5.41, 5.74) is 1.57. The molecule has 1 aromatic carbocycles. The molecule has 0 bridgehead atoms. The number of hydrogen-bond acceptors (Lipinski definition) is 3. The van der Waals surface area contributed by atoms with Crippen LogP contribution in [0, 0.1) is 0 Å². The summed E-state index contributed by atoms with van der Waals surface area (Å²) in [6.45, 7) is 2.16. The van der Waals surface area contributed by atoms with E-state index in [1.165, 1.54) is 6.42 Å². The summed E-state index contributed by atoms with van der Waals surface area (Å²) in [4.78, 5) is 5.27. The van der Waals surface area contributed by atoms with Gasteiger partial charge in [0.1, 0.15) is 6.10 Å². The molecule has 16 heavy (non-hydrogen) atoms. The second-order valence-corrected chi connectivity index (χ2v) is 4.07. The Morgan fingerprint density at radius 3 is 2.94 bits per heavy atom. The van der Waals surface area contributed by atoms with Gasteiger partial charge in [0.15, 0.2) is 5.75 Å². The molecule has 1 atom stereocenters. The molecule has 0 amide bonds. The number of hydrogen-bond donors (Lipinski definition) is 1. The van der Waals surface area contributed by atoms with E-state index in [0.29, 0.717) is 5.75 Å². The summed E-state index contributed by atoms with van der Waals surface area (Å²) in [6.07, 6.45) is 3.59. The van der Waals surface area contributed by atoms with Crippen LogP contribution in [0.3, 0.4) is 0 Å². The Labute approximate surface area is 95.7 Å². The molecule has 1 heterocycles. The van der Waals surface area contributed by atoms with E-state index < -0.39 is 6.10 Å². The number of oxime groups is 1. The van der Waals surface area contributed by atoms with Crippen molar-refractivity contribution in [3.63, 3.8) is 0 Å². The van der Waals surface area contributed by atoms with Gasteiger partial charge in [-0.25, -0.2) is 0 Å². The van der Waals surface area contributed by atoms with E-state index >= 15 is 0 Å². The molecule has 0 aromatic heterocycles. The lowest BCUT2D eigenvalue weighted by atomic mass is 9.99. The van der Waals surface area contributed by atoms with E-state index in [4.69, 9.17) is 4.84 Å². The summed E-state index contributed by atoms with van der Waals surface area (Å²) in [5, 5.41) is 14.1. The molecular weight excluding hydrogens is 202 g/mol. The Kier molecular flexibility index (Phi) is 3.57. The second-order valence-electron chi connectivity index (χ2n) is 4.07. The van der Waals surface area contributed by atoms with Gasteiger partial charge in [-0.3, -0.25) is 0 Å². The monoisotopic (exact) mass is 219 g/mol. The Morgan fingerprint density at radius 1 is 1.31 bits per heavy atom. The van der Waals surface area contributed by atoms with Crippen LogP contribution in [0.4, 0.5) is 0 Å². The number of nitrogens with zero attached hydrogens (tertiary/aromatic N) is 1. The highest BCUT2D eigenvalue weighted by Crippen LogP contribution is 2.31. The largest absolute Gasteiger partial charge is 0.382 e. The number of fused-ring (bicyclic) bond motifs is 1. The van der Waals surface area contributed by atoms with E-state index in [0.717, 1.165) is 30.5 Å². The molecule has 0 radical (unpaired) electrons. The average molecular weight is 219 g/mol. The van der Waals surface area contributed by atoms with Gasteiger partial charge in [0.05, 0.1) is 5.71 Å². The maximum atomic E-state index is 10.1. The first-order valence-corrected chi connectivity index (χ1v) is 5.83. The molecule has 1 aliphatic rings. The van der Waals surface area contributed by atoms with Gasteiger partial charge in [-0.15, -0.1) is 0 Å². The highest BCUT2D eigenvalue weighted by atomic mass is 16.6. The maximum absolute atomic E-state index is 10.1. The van der Waals surface area contributed by atoms with Gasteiger partial charge in [-0.2, -0.15) is 0 Å². The Morgan fingerprint density at radius 2 is 2.12 bits per heavy atom. The van der Waals surface area contributed by atoms with Gasteiger partial charge >= 0.3 is 0 Å². The van der Waals surface area contributed by atoms with Crippen molar-refractivity contribution in [1.29, 1.82) is 0 Å². The van der Waals surface area contributed by atoms with Gasteiger partial charge < -0.3 is 9.94 Å². The van der Waals surface area contributed by atoms with Crippen molar-refractivity contribution in [3.05, 3.63) is 29.8 Å². The number of para-hydroxylation sites is 1. The van der Waals surface area contributed by atoms with E-state index in [1.54, 1.807) is 0 Å². The Balaban J connectivity index is 2.06. The SMILES string of the molecule is CCCCCC1=NOc2ccccc2C1O. The first-order chi connectivity index (χ1) is 7.83. The van der Waals surface area contributed by atoms with Crippen molar-refractivity contribution in [3.8, 4) is 5.75 Å². The minimum absolute atomic E-state index is 0.596. The fourth-order valence-corrected chi connectivity index (χ4v) is 1.87. The van der Waals surface area contributed by atoms with E-state index in [1.807, 2.05) is 24.3 Å². The van der Waals surface area contributed by atoms with Crippen molar-refractivity contribution in [1.82, 2.24) is 0 Å². The van der Waals surface area contributed by atoms with Crippen LogP contribution >= 0.6 is 0 Å². The van der Waals surface area contributed by atoms with Crippen LogP contribution in [0.15, 0.2) is 29.4 Å². The van der Waals surface area contributed by atoms with Crippen LogP contribution in [0.25, 0.3) is 0 Å². The minimum atomic E-state index is -0.596. The normalized spacial score (nSPS) is 18.6. The molecule has 0 saturated carbocycles. The highest BCUT2D eigenvalue weighted by Gasteiger charge is 2.23. The van der Waals surface area contributed by atoms with Crippen molar-refractivity contribution in [2.75, 3.05) is 0 Å². The average Bonchev–Trinajstić information content (AvgIpc) is 2.33. The smallest absolute Gasteiger partial charge is 0.164 e.